The van der Waals surface area contributed by atoms with E-state index in [-0.39, 0.29) is 54.3 Å². The van der Waals surface area contributed by atoms with Crippen molar-refractivity contribution >= 4 is 53.0 Å². The Bertz CT molecular complexity index is 2580. The molecule has 2 aliphatic carbocycles. The van der Waals surface area contributed by atoms with E-state index in [0.29, 0.717) is 22.4 Å². The first kappa shape index (κ1) is 56.2. The third-order valence-electron chi connectivity index (χ3n) is 12.5. The number of hydrogen-bond acceptors (Lipinski definition) is 15. The minimum atomic E-state index is -3.25. The van der Waals surface area contributed by atoms with Crippen LogP contribution in [0.1, 0.15) is 106 Å². The second kappa shape index (κ2) is 22.2. The molecule has 1 aromatic heterocycles. The highest BCUT2D eigenvalue weighted by molar-refractivity contribution is 7.10. The van der Waals surface area contributed by atoms with Crippen molar-refractivity contribution in [1.82, 2.24) is 31.1 Å². The molecule has 2 heterocycles. The summed E-state index contributed by atoms with van der Waals surface area (Å²) in [6.07, 6.45) is -7.94. The molecule has 0 radical (unpaired) electrons. The van der Waals surface area contributed by atoms with Gasteiger partial charge >= 0.3 is 12.2 Å². The summed E-state index contributed by atoms with van der Waals surface area (Å²) in [4.78, 5) is 83.1. The third-order valence-corrected chi connectivity index (χ3v) is 13.6. The summed E-state index contributed by atoms with van der Waals surface area (Å²) in [5, 5.41) is 61.1. The van der Waals surface area contributed by atoms with Crippen LogP contribution in [0.4, 0.5) is 18.4 Å². The molecular formula is C50H65F2N7O13S. The number of benzene rings is 2. The Balaban J connectivity index is 1.10. The highest BCUT2D eigenvalue weighted by Crippen LogP contribution is 2.60. The number of aliphatic hydroxyl groups excluding tert-OH is 4. The van der Waals surface area contributed by atoms with Gasteiger partial charge in [0.25, 0.3) is 11.8 Å². The van der Waals surface area contributed by atoms with Gasteiger partial charge in [-0.2, -0.15) is 8.78 Å². The molecule has 3 aromatic rings. The number of ether oxygens (including phenoxy) is 3. The van der Waals surface area contributed by atoms with Crippen molar-refractivity contribution in [1.29, 1.82) is 5.41 Å². The molecule has 1 saturated heterocycles. The lowest BCUT2D eigenvalue weighted by Crippen LogP contribution is -2.52. The fourth-order valence-electron chi connectivity index (χ4n) is 8.80. The number of thiophene rings is 1. The van der Waals surface area contributed by atoms with E-state index < -0.39 is 121 Å². The first-order valence-corrected chi connectivity index (χ1v) is 24.6. The van der Waals surface area contributed by atoms with Crippen molar-refractivity contribution in [3.8, 4) is 11.1 Å². The minimum absolute atomic E-state index is 0.0395. The molecule has 20 nitrogen and oxygen atoms in total. The van der Waals surface area contributed by atoms with Gasteiger partial charge in [0.2, 0.25) is 17.7 Å². The van der Waals surface area contributed by atoms with Gasteiger partial charge in [0.15, 0.2) is 0 Å². The monoisotopic (exact) mass is 1040 g/mol. The van der Waals surface area contributed by atoms with E-state index in [9.17, 15) is 49.2 Å². The quantitative estimate of drug-likeness (QED) is 0.0473. The summed E-state index contributed by atoms with van der Waals surface area (Å²) < 4.78 is 47.1. The summed E-state index contributed by atoms with van der Waals surface area (Å²) >= 11 is 1.24. The predicted molar refractivity (Wildman–Crippen MR) is 262 cm³/mol. The first-order chi connectivity index (χ1) is 34.0. The van der Waals surface area contributed by atoms with E-state index in [4.69, 9.17) is 19.6 Å². The van der Waals surface area contributed by atoms with Gasteiger partial charge in [0.1, 0.15) is 47.9 Å². The molecule has 9 N–H and O–H groups in total. The van der Waals surface area contributed by atoms with E-state index in [2.05, 4.69) is 21.3 Å². The molecule has 0 unspecified atom stereocenters. The molecule has 1 aliphatic heterocycles. The number of hydrogen-bond donors (Lipinski definition) is 9. The van der Waals surface area contributed by atoms with Crippen LogP contribution in [-0.4, -0.2) is 159 Å². The SMILES string of the molecule is C[C@H](O)[C@H](O)[C@@H](O)[C@@H](O)CN(CC(=O)NCCOC[C@@]12C[C@@H]1N(C(=O)CNC(=O)c1ccc3c(c1)-c1ccccc1C3(F)F)[C@H](C(=O)N[C@H](C)c1cc(C(=N)NC(=O)OC(C)(C)C)cs1)C2)C(=O)OC(C)(C)C. The molecule has 1 saturated carbocycles. The Labute approximate surface area is 425 Å². The van der Waals surface area contributed by atoms with Crippen molar-refractivity contribution in [2.45, 2.75) is 128 Å². The van der Waals surface area contributed by atoms with Crippen LogP contribution in [0, 0.1) is 10.8 Å². The number of likely N-dealkylation sites (tertiary alicyclic amines) is 1. The van der Waals surface area contributed by atoms with Crippen molar-refractivity contribution in [2.75, 3.05) is 39.4 Å². The topological polar surface area (TPSA) is 289 Å². The van der Waals surface area contributed by atoms with Crippen molar-refractivity contribution in [3.63, 3.8) is 0 Å². The normalized spacial score (nSPS) is 20.4. The van der Waals surface area contributed by atoms with Gasteiger partial charge in [-0.3, -0.25) is 34.8 Å². The number of carbonyl (C=O) groups excluding carboxylic acids is 6. The van der Waals surface area contributed by atoms with Gasteiger partial charge in [-0.15, -0.1) is 11.3 Å². The average Bonchev–Trinajstić information content (AvgIpc) is 3.55. The maximum absolute atomic E-state index is 15.2. The Morgan fingerprint density at radius 3 is 2.22 bits per heavy atom. The second-order valence-corrected chi connectivity index (χ2v) is 21.6. The molecule has 0 bridgehead atoms. The molecule has 398 valence electrons. The van der Waals surface area contributed by atoms with Crippen molar-refractivity contribution in [3.05, 3.63) is 81.0 Å². The number of carbonyl (C=O) groups is 6. The number of nitrogens with one attached hydrogen (secondary N) is 5. The van der Waals surface area contributed by atoms with Crippen LogP contribution in [0.25, 0.3) is 11.1 Å². The molecule has 2 fully saturated rings. The average molecular weight is 1040 g/mol. The third kappa shape index (κ3) is 13.5. The standard InChI is InChI=1S/C50H65F2N7O13S/c1-26(36-18-29(24-73-36)42(53)57-45(68)71-47(3,4)5)56-44(67)34-19-49(25-70-16-15-54-38(62)23-58(46(69)72-48(6,7)8)22-35(61)41(65)40(64)27(2)60)20-37(49)59(34)39(63)21-55-43(66)28-13-14-33-31(17-28)30-11-9-10-12-32(30)50(33,51)52/h9-14,17-18,24,26-27,34-35,37,40-41,60-61,64-65H,15-16,19-23,25H2,1-8H3,(H,54,62)(H,55,66)(H,56,67)(H2,53,57,68)/t26-,27+,34+,35+,37+,40+,41+,49-/m1/s1. The summed E-state index contributed by atoms with van der Waals surface area (Å²) in [5.41, 5.74) is -1.95. The van der Waals surface area contributed by atoms with Crippen LogP contribution < -0.4 is 21.3 Å². The van der Waals surface area contributed by atoms with Gasteiger partial charge in [0, 0.05) is 50.5 Å². The molecule has 23 heteroatoms. The molecule has 3 aliphatic rings. The van der Waals surface area contributed by atoms with Gasteiger partial charge in [-0.25, -0.2) is 9.59 Å². The van der Waals surface area contributed by atoms with E-state index in [1.807, 2.05) is 0 Å². The van der Waals surface area contributed by atoms with E-state index in [1.165, 1.54) is 53.5 Å². The lowest BCUT2D eigenvalue weighted by atomic mass is 10.00. The molecule has 73 heavy (non-hydrogen) atoms. The molecule has 6 amide bonds. The van der Waals surface area contributed by atoms with E-state index in [1.54, 1.807) is 72.0 Å². The van der Waals surface area contributed by atoms with Crippen LogP contribution in [0.5, 0.6) is 0 Å². The smallest absolute Gasteiger partial charge is 0.413 e. The Hall–Kier alpha value is -6.11. The first-order valence-electron chi connectivity index (χ1n) is 23.8. The molecular weight excluding hydrogens is 977 g/mol. The number of alkyl halides is 2. The van der Waals surface area contributed by atoms with Gasteiger partial charge in [0.05, 0.1) is 38.4 Å². The molecule has 6 rings (SSSR count). The maximum atomic E-state index is 15.2. The minimum Gasteiger partial charge on any atom is -0.444 e. The summed E-state index contributed by atoms with van der Waals surface area (Å²) in [7, 11) is 0. The van der Waals surface area contributed by atoms with Crippen LogP contribution in [-0.2, 0) is 34.5 Å². The molecule has 2 aromatic carbocycles. The fourth-order valence-corrected chi connectivity index (χ4v) is 9.71. The largest absolute Gasteiger partial charge is 0.444 e. The lowest BCUT2D eigenvalue weighted by molar-refractivity contribution is -0.139. The number of amidine groups is 1. The highest BCUT2D eigenvalue weighted by Gasteiger charge is 2.67. The lowest BCUT2D eigenvalue weighted by Gasteiger charge is -2.31. The Kier molecular flexibility index (Phi) is 17.1. The summed E-state index contributed by atoms with van der Waals surface area (Å²) in [5.74, 6) is -5.92. The van der Waals surface area contributed by atoms with Crippen LogP contribution in [0.3, 0.4) is 0 Å². The number of amides is 6. The number of aliphatic hydroxyl groups is 4. The number of rotatable bonds is 19. The van der Waals surface area contributed by atoms with Crippen LogP contribution >= 0.6 is 11.3 Å². The zero-order chi connectivity index (χ0) is 54.0. The molecule has 8 atom stereocenters. The van der Waals surface area contributed by atoms with E-state index in [0.717, 1.165) is 4.90 Å². The Morgan fingerprint density at radius 2 is 1.55 bits per heavy atom. The van der Waals surface area contributed by atoms with E-state index >= 15 is 8.78 Å². The number of nitrogens with zero attached hydrogens (tertiary/aromatic N) is 2. The van der Waals surface area contributed by atoms with Gasteiger partial charge in [-0.05, 0) is 97.6 Å². The number of halogens is 2. The number of fused-ring (bicyclic) bond motifs is 4. The van der Waals surface area contributed by atoms with Crippen molar-refractivity contribution < 1.29 is 72.2 Å². The maximum Gasteiger partial charge on any atom is 0.413 e. The number of alkyl carbamates (subject to hydrolysis) is 1. The zero-order valence-corrected chi connectivity index (χ0v) is 42.7. The highest BCUT2D eigenvalue weighted by atomic mass is 32.1. The van der Waals surface area contributed by atoms with Crippen molar-refractivity contribution in [2.24, 2.45) is 5.41 Å². The predicted octanol–water partition coefficient (Wildman–Crippen LogP) is 3.52. The number of piperidine rings is 1. The summed E-state index contributed by atoms with van der Waals surface area (Å²) in [6.45, 7) is 11.0. The van der Waals surface area contributed by atoms with Crippen LogP contribution in [0.2, 0.25) is 0 Å². The summed E-state index contributed by atoms with van der Waals surface area (Å²) in [6, 6.07) is 9.36. The van der Waals surface area contributed by atoms with Crippen LogP contribution in [0.15, 0.2) is 53.9 Å². The fraction of sp³-hybridized carbons (Fsp3) is 0.540. The molecule has 0 spiro atoms. The van der Waals surface area contributed by atoms with Gasteiger partial charge < -0.3 is 55.5 Å². The zero-order valence-electron chi connectivity index (χ0n) is 41.9. The Morgan fingerprint density at radius 1 is 0.877 bits per heavy atom. The van der Waals surface area contributed by atoms with Gasteiger partial charge in [-0.1, -0.05) is 30.3 Å². The second-order valence-electron chi connectivity index (χ2n) is 20.7.